The van der Waals surface area contributed by atoms with Crippen molar-refractivity contribution in [2.45, 2.75) is 51.4 Å². The smallest absolute Gasteiger partial charge is 0.192 e. The van der Waals surface area contributed by atoms with Crippen LogP contribution in [0, 0.1) is 0 Å². The summed E-state index contributed by atoms with van der Waals surface area (Å²) in [6.07, 6.45) is 4.76. The Kier molecular flexibility index (Phi) is 4.82. The van der Waals surface area contributed by atoms with Gasteiger partial charge in [0.25, 0.3) is 0 Å². The lowest BCUT2D eigenvalue weighted by atomic mass is 10.2. The molecule has 0 heterocycles. The Morgan fingerprint density at radius 1 is 1.29 bits per heavy atom. The molecule has 1 nitrogen and oxygen atoms in total. The SMILES string of the molecule is C=CCC(C=C)O[Si](C)(C)C(C)(C)C. The lowest BCUT2D eigenvalue weighted by molar-refractivity contribution is 0.228. The van der Waals surface area contributed by atoms with Crippen molar-refractivity contribution in [1.82, 2.24) is 0 Å². The number of hydrogen-bond acceptors (Lipinski definition) is 1. The van der Waals surface area contributed by atoms with E-state index < -0.39 is 8.32 Å². The van der Waals surface area contributed by atoms with Crippen molar-refractivity contribution in [2.24, 2.45) is 0 Å². The maximum atomic E-state index is 6.14. The third-order valence-corrected chi connectivity index (χ3v) is 7.42. The molecular weight excluding hydrogens is 188 g/mol. The first kappa shape index (κ1) is 13.7. The summed E-state index contributed by atoms with van der Waals surface area (Å²) in [6.45, 7) is 18.8. The highest BCUT2D eigenvalue weighted by Crippen LogP contribution is 2.37. The standard InChI is InChI=1S/C12H24OSi/c1-8-10-11(9-2)13-14(6,7)12(3,4)5/h8-9,11H,1-2,10H2,3-7H3. The first-order valence-electron chi connectivity index (χ1n) is 5.16. The van der Waals surface area contributed by atoms with E-state index in [4.69, 9.17) is 4.43 Å². The lowest BCUT2D eigenvalue weighted by Crippen LogP contribution is -2.43. The Balaban J connectivity index is 4.46. The molecule has 14 heavy (non-hydrogen) atoms. The molecule has 0 bridgehead atoms. The molecule has 0 aromatic carbocycles. The summed E-state index contributed by atoms with van der Waals surface area (Å²) in [7, 11) is -1.65. The minimum Gasteiger partial charge on any atom is -0.410 e. The summed E-state index contributed by atoms with van der Waals surface area (Å²) in [4.78, 5) is 0. The Hall–Kier alpha value is -0.343. The largest absolute Gasteiger partial charge is 0.410 e. The maximum absolute atomic E-state index is 6.14. The molecule has 0 aliphatic carbocycles. The zero-order chi connectivity index (χ0) is 11.4. The first-order valence-corrected chi connectivity index (χ1v) is 8.06. The number of hydrogen-bond donors (Lipinski definition) is 0. The summed E-state index contributed by atoms with van der Waals surface area (Å²) in [6, 6.07) is 0. The van der Waals surface area contributed by atoms with E-state index in [1.807, 2.05) is 12.2 Å². The molecule has 0 aliphatic heterocycles. The van der Waals surface area contributed by atoms with Crippen LogP contribution in [0.25, 0.3) is 0 Å². The molecule has 1 atom stereocenters. The van der Waals surface area contributed by atoms with Gasteiger partial charge in [0.2, 0.25) is 0 Å². The van der Waals surface area contributed by atoms with Gasteiger partial charge >= 0.3 is 0 Å². The van der Waals surface area contributed by atoms with Gasteiger partial charge in [0.05, 0.1) is 6.10 Å². The zero-order valence-electron chi connectivity index (χ0n) is 10.3. The molecule has 0 aliphatic rings. The fourth-order valence-electron chi connectivity index (χ4n) is 0.912. The quantitative estimate of drug-likeness (QED) is 0.491. The zero-order valence-corrected chi connectivity index (χ0v) is 11.3. The van der Waals surface area contributed by atoms with Gasteiger partial charge in [0.15, 0.2) is 8.32 Å². The highest BCUT2D eigenvalue weighted by atomic mass is 28.4. The Morgan fingerprint density at radius 3 is 2.07 bits per heavy atom. The van der Waals surface area contributed by atoms with Crippen LogP contribution in [0.4, 0.5) is 0 Å². The average molecular weight is 212 g/mol. The summed E-state index contributed by atoms with van der Waals surface area (Å²) in [5.74, 6) is 0. The summed E-state index contributed by atoms with van der Waals surface area (Å²) >= 11 is 0. The average Bonchev–Trinajstić information content (AvgIpc) is 2.01. The van der Waals surface area contributed by atoms with Crippen molar-refractivity contribution < 1.29 is 4.43 Å². The van der Waals surface area contributed by atoms with E-state index in [9.17, 15) is 0 Å². The predicted octanol–water partition coefficient (Wildman–Crippen LogP) is 4.14. The molecule has 0 saturated carbocycles. The molecule has 0 fully saturated rings. The molecule has 0 aromatic heterocycles. The van der Waals surface area contributed by atoms with Gasteiger partial charge in [0.1, 0.15) is 0 Å². The maximum Gasteiger partial charge on any atom is 0.192 e. The van der Waals surface area contributed by atoms with E-state index in [0.717, 1.165) is 6.42 Å². The molecule has 2 heteroatoms. The van der Waals surface area contributed by atoms with Gasteiger partial charge in [-0.1, -0.05) is 32.9 Å². The molecule has 82 valence electrons. The molecule has 0 spiro atoms. The van der Waals surface area contributed by atoms with Crippen LogP contribution in [0.3, 0.4) is 0 Å². The number of rotatable bonds is 5. The van der Waals surface area contributed by atoms with Crippen molar-refractivity contribution in [3.8, 4) is 0 Å². The van der Waals surface area contributed by atoms with Crippen LogP contribution in [-0.4, -0.2) is 14.4 Å². The van der Waals surface area contributed by atoms with Crippen molar-refractivity contribution in [1.29, 1.82) is 0 Å². The summed E-state index contributed by atoms with van der Waals surface area (Å²) in [5.41, 5.74) is 0. The van der Waals surface area contributed by atoms with Crippen molar-refractivity contribution in [2.75, 3.05) is 0 Å². The van der Waals surface area contributed by atoms with Gasteiger partial charge in [-0.25, -0.2) is 0 Å². The summed E-state index contributed by atoms with van der Waals surface area (Å²) < 4.78 is 6.14. The Bertz CT molecular complexity index is 201. The van der Waals surface area contributed by atoms with E-state index in [-0.39, 0.29) is 11.1 Å². The second-order valence-electron chi connectivity index (χ2n) is 5.18. The van der Waals surface area contributed by atoms with Gasteiger partial charge in [-0.3, -0.25) is 0 Å². The summed E-state index contributed by atoms with van der Waals surface area (Å²) in [5, 5.41) is 0.259. The second-order valence-corrected chi connectivity index (χ2v) is 9.93. The molecule has 0 amide bonds. The topological polar surface area (TPSA) is 9.23 Å². The molecular formula is C12H24OSi. The third kappa shape index (κ3) is 3.80. The molecule has 0 rings (SSSR count). The van der Waals surface area contributed by atoms with Gasteiger partial charge < -0.3 is 4.43 Å². The van der Waals surface area contributed by atoms with E-state index in [0.29, 0.717) is 0 Å². The van der Waals surface area contributed by atoms with Crippen LogP contribution < -0.4 is 0 Å². The van der Waals surface area contributed by atoms with Crippen LogP contribution in [0.2, 0.25) is 18.1 Å². The van der Waals surface area contributed by atoms with E-state index in [1.54, 1.807) is 0 Å². The van der Waals surface area contributed by atoms with Crippen LogP contribution in [0.1, 0.15) is 27.2 Å². The van der Waals surface area contributed by atoms with Crippen molar-refractivity contribution >= 4 is 8.32 Å². The first-order chi connectivity index (χ1) is 6.24. The van der Waals surface area contributed by atoms with E-state index in [2.05, 4.69) is 47.0 Å². The van der Waals surface area contributed by atoms with E-state index >= 15 is 0 Å². The molecule has 0 N–H and O–H groups in total. The highest BCUT2D eigenvalue weighted by molar-refractivity contribution is 6.74. The fourth-order valence-corrected chi connectivity index (χ4v) is 2.21. The Labute approximate surface area is 90.0 Å². The monoisotopic (exact) mass is 212 g/mol. The van der Waals surface area contributed by atoms with Gasteiger partial charge in [0, 0.05) is 0 Å². The Morgan fingerprint density at radius 2 is 1.79 bits per heavy atom. The van der Waals surface area contributed by atoms with Gasteiger partial charge in [-0.2, -0.15) is 0 Å². The van der Waals surface area contributed by atoms with Gasteiger partial charge in [-0.15, -0.1) is 13.2 Å². The second kappa shape index (κ2) is 4.94. The minimum absolute atomic E-state index is 0.133. The molecule has 1 unspecified atom stereocenters. The van der Waals surface area contributed by atoms with Crippen LogP contribution in [-0.2, 0) is 4.43 Å². The van der Waals surface area contributed by atoms with Crippen molar-refractivity contribution in [3.63, 3.8) is 0 Å². The normalized spacial score (nSPS) is 14.9. The lowest BCUT2D eigenvalue weighted by Gasteiger charge is -2.38. The minimum atomic E-state index is -1.65. The predicted molar refractivity (Wildman–Crippen MR) is 67.1 cm³/mol. The van der Waals surface area contributed by atoms with E-state index in [1.165, 1.54) is 0 Å². The van der Waals surface area contributed by atoms with Crippen LogP contribution in [0.15, 0.2) is 25.3 Å². The third-order valence-electron chi connectivity index (χ3n) is 2.91. The van der Waals surface area contributed by atoms with Crippen LogP contribution in [0.5, 0.6) is 0 Å². The fraction of sp³-hybridized carbons (Fsp3) is 0.667. The van der Waals surface area contributed by atoms with Crippen molar-refractivity contribution in [3.05, 3.63) is 25.3 Å². The van der Waals surface area contributed by atoms with Crippen LogP contribution >= 0.6 is 0 Å². The molecule has 0 radical (unpaired) electrons. The molecule has 0 saturated heterocycles. The molecule has 0 aromatic rings. The van der Waals surface area contributed by atoms with Gasteiger partial charge in [-0.05, 0) is 24.6 Å². The highest BCUT2D eigenvalue weighted by Gasteiger charge is 2.38.